The molecule has 0 saturated heterocycles. The van der Waals surface area contributed by atoms with E-state index in [-0.39, 0.29) is 11.4 Å². The SMILES string of the molecule is Cc1nn(-c2ccc(C(F)(F)F)cn2)cc1C(N)=O. The van der Waals surface area contributed by atoms with Gasteiger partial charge < -0.3 is 5.73 Å². The van der Waals surface area contributed by atoms with Crippen LogP contribution in [0.4, 0.5) is 13.2 Å². The molecule has 2 aromatic heterocycles. The second kappa shape index (κ2) is 4.38. The zero-order chi connectivity index (χ0) is 14.2. The maximum absolute atomic E-state index is 12.4. The molecule has 0 aliphatic rings. The zero-order valence-corrected chi connectivity index (χ0v) is 9.77. The van der Waals surface area contributed by atoms with Crippen LogP contribution in [0.25, 0.3) is 5.82 Å². The number of pyridine rings is 1. The number of hydrogen-bond donors (Lipinski definition) is 1. The smallest absolute Gasteiger partial charge is 0.365 e. The number of carbonyl (C=O) groups excluding carboxylic acids is 1. The summed E-state index contributed by atoms with van der Waals surface area (Å²) in [4.78, 5) is 14.7. The lowest BCUT2D eigenvalue weighted by Gasteiger charge is -2.06. The molecule has 0 fully saturated rings. The first-order valence-corrected chi connectivity index (χ1v) is 5.18. The van der Waals surface area contributed by atoms with Crippen LogP contribution in [0.2, 0.25) is 0 Å². The molecule has 0 atom stereocenters. The number of carbonyl (C=O) groups is 1. The minimum atomic E-state index is -4.44. The number of primary amides is 1. The van der Waals surface area contributed by atoms with Gasteiger partial charge in [-0.2, -0.15) is 18.3 Å². The monoisotopic (exact) mass is 270 g/mol. The predicted molar refractivity (Wildman–Crippen MR) is 59.6 cm³/mol. The topological polar surface area (TPSA) is 73.8 Å². The maximum Gasteiger partial charge on any atom is 0.417 e. The Hall–Kier alpha value is -2.38. The Morgan fingerprint density at radius 1 is 1.37 bits per heavy atom. The second-order valence-corrected chi connectivity index (χ2v) is 3.84. The third-order valence-electron chi connectivity index (χ3n) is 2.47. The van der Waals surface area contributed by atoms with Crippen LogP contribution in [0.15, 0.2) is 24.5 Å². The number of aromatic nitrogens is 3. The van der Waals surface area contributed by atoms with Gasteiger partial charge in [-0.25, -0.2) is 9.67 Å². The van der Waals surface area contributed by atoms with Crippen LogP contribution < -0.4 is 5.73 Å². The van der Waals surface area contributed by atoms with Crippen molar-refractivity contribution in [1.29, 1.82) is 0 Å². The number of nitrogens with two attached hydrogens (primary N) is 1. The molecule has 1 amide bonds. The molecule has 2 aromatic rings. The molecule has 0 unspecified atom stereocenters. The summed E-state index contributed by atoms with van der Waals surface area (Å²) in [6, 6.07) is 2.06. The lowest BCUT2D eigenvalue weighted by atomic mass is 10.2. The number of hydrogen-bond acceptors (Lipinski definition) is 3. The molecule has 0 aliphatic carbocycles. The van der Waals surface area contributed by atoms with Crippen molar-refractivity contribution in [2.45, 2.75) is 13.1 Å². The van der Waals surface area contributed by atoms with Crippen molar-refractivity contribution >= 4 is 5.91 Å². The minimum Gasteiger partial charge on any atom is -0.365 e. The molecular weight excluding hydrogens is 261 g/mol. The molecule has 0 bridgehead atoms. The molecule has 2 heterocycles. The van der Waals surface area contributed by atoms with Gasteiger partial charge in [-0.15, -0.1) is 0 Å². The minimum absolute atomic E-state index is 0.170. The van der Waals surface area contributed by atoms with Crippen LogP contribution in [0.3, 0.4) is 0 Å². The molecule has 0 radical (unpaired) electrons. The largest absolute Gasteiger partial charge is 0.417 e. The van der Waals surface area contributed by atoms with Crippen LogP contribution >= 0.6 is 0 Å². The Kier molecular flexibility index (Phi) is 3.01. The van der Waals surface area contributed by atoms with Gasteiger partial charge in [-0.3, -0.25) is 4.79 Å². The summed E-state index contributed by atoms with van der Waals surface area (Å²) in [5.41, 5.74) is 4.85. The number of amides is 1. The van der Waals surface area contributed by atoms with Crippen molar-refractivity contribution in [1.82, 2.24) is 14.8 Å². The van der Waals surface area contributed by atoms with Gasteiger partial charge in [0.15, 0.2) is 5.82 Å². The summed E-state index contributed by atoms with van der Waals surface area (Å²) >= 11 is 0. The predicted octanol–water partition coefficient (Wildman–Crippen LogP) is 1.69. The average Bonchev–Trinajstić information content (AvgIpc) is 2.70. The van der Waals surface area contributed by atoms with E-state index in [0.717, 1.165) is 6.07 Å². The van der Waals surface area contributed by atoms with Gasteiger partial charge in [0.1, 0.15) is 0 Å². The van der Waals surface area contributed by atoms with E-state index >= 15 is 0 Å². The van der Waals surface area contributed by atoms with E-state index < -0.39 is 17.6 Å². The number of rotatable bonds is 2. The molecule has 8 heteroatoms. The summed E-state index contributed by atoms with van der Waals surface area (Å²) in [6.45, 7) is 1.57. The van der Waals surface area contributed by atoms with Crippen molar-refractivity contribution < 1.29 is 18.0 Å². The lowest BCUT2D eigenvalue weighted by Crippen LogP contribution is -2.11. The van der Waals surface area contributed by atoms with E-state index in [1.165, 1.54) is 16.9 Å². The number of alkyl halides is 3. The molecule has 19 heavy (non-hydrogen) atoms. The van der Waals surface area contributed by atoms with Crippen LogP contribution in [-0.2, 0) is 6.18 Å². The van der Waals surface area contributed by atoms with Gasteiger partial charge in [0.2, 0.25) is 0 Å². The van der Waals surface area contributed by atoms with E-state index in [9.17, 15) is 18.0 Å². The maximum atomic E-state index is 12.4. The van der Waals surface area contributed by atoms with E-state index in [1.54, 1.807) is 6.92 Å². The highest BCUT2D eigenvalue weighted by Gasteiger charge is 2.30. The third-order valence-corrected chi connectivity index (χ3v) is 2.47. The highest BCUT2D eigenvalue weighted by molar-refractivity contribution is 5.93. The first kappa shape index (κ1) is 13.1. The summed E-state index contributed by atoms with van der Waals surface area (Å²) < 4.78 is 38.3. The molecular formula is C11H9F3N4O. The van der Waals surface area contributed by atoms with E-state index in [2.05, 4.69) is 10.1 Å². The molecule has 0 saturated carbocycles. The lowest BCUT2D eigenvalue weighted by molar-refractivity contribution is -0.137. The van der Waals surface area contributed by atoms with E-state index in [0.29, 0.717) is 11.9 Å². The number of halogens is 3. The third kappa shape index (κ3) is 2.56. The van der Waals surface area contributed by atoms with Crippen LogP contribution in [0.1, 0.15) is 21.6 Å². The van der Waals surface area contributed by atoms with Crippen molar-refractivity contribution in [2.24, 2.45) is 5.73 Å². The highest BCUT2D eigenvalue weighted by Crippen LogP contribution is 2.28. The summed E-state index contributed by atoms with van der Waals surface area (Å²) in [7, 11) is 0. The van der Waals surface area contributed by atoms with Crippen molar-refractivity contribution in [3.8, 4) is 5.82 Å². The fraction of sp³-hybridized carbons (Fsp3) is 0.182. The average molecular weight is 270 g/mol. The molecule has 0 aliphatic heterocycles. The van der Waals surface area contributed by atoms with Gasteiger partial charge >= 0.3 is 6.18 Å². The van der Waals surface area contributed by atoms with Gasteiger partial charge in [-0.05, 0) is 19.1 Å². The molecule has 2 N–H and O–H groups in total. The Morgan fingerprint density at radius 3 is 2.47 bits per heavy atom. The summed E-state index contributed by atoms with van der Waals surface area (Å²) in [5, 5.41) is 3.97. The van der Waals surface area contributed by atoms with E-state index in [4.69, 9.17) is 5.73 Å². The summed E-state index contributed by atoms with van der Waals surface area (Å²) in [6.07, 6.45) is -2.41. The second-order valence-electron chi connectivity index (χ2n) is 3.84. The molecule has 2 rings (SSSR count). The van der Waals surface area contributed by atoms with Gasteiger partial charge in [0, 0.05) is 12.4 Å². The van der Waals surface area contributed by atoms with E-state index in [1.807, 2.05) is 0 Å². The first-order valence-electron chi connectivity index (χ1n) is 5.18. The molecule has 100 valence electrons. The Morgan fingerprint density at radius 2 is 2.05 bits per heavy atom. The Bertz CT molecular complexity index is 616. The zero-order valence-electron chi connectivity index (χ0n) is 9.77. The summed E-state index contributed by atoms with van der Waals surface area (Å²) in [5.74, 6) is -0.487. The number of aryl methyl sites for hydroxylation is 1. The van der Waals surface area contributed by atoms with Gasteiger partial charge in [0.05, 0.1) is 16.8 Å². The van der Waals surface area contributed by atoms with Gasteiger partial charge in [0.25, 0.3) is 5.91 Å². The quantitative estimate of drug-likeness (QED) is 0.902. The molecule has 0 aromatic carbocycles. The Balaban J connectivity index is 2.38. The van der Waals surface area contributed by atoms with Crippen molar-refractivity contribution in [3.05, 3.63) is 41.3 Å². The van der Waals surface area contributed by atoms with Crippen LogP contribution in [0.5, 0.6) is 0 Å². The van der Waals surface area contributed by atoms with Crippen LogP contribution in [-0.4, -0.2) is 20.7 Å². The normalized spacial score (nSPS) is 11.6. The van der Waals surface area contributed by atoms with Crippen molar-refractivity contribution in [3.63, 3.8) is 0 Å². The molecule has 5 nitrogen and oxygen atoms in total. The first-order chi connectivity index (χ1) is 8.79. The van der Waals surface area contributed by atoms with Crippen molar-refractivity contribution in [2.75, 3.05) is 0 Å². The fourth-order valence-corrected chi connectivity index (χ4v) is 1.51. The van der Waals surface area contributed by atoms with Gasteiger partial charge in [-0.1, -0.05) is 0 Å². The van der Waals surface area contributed by atoms with Crippen LogP contribution in [0, 0.1) is 6.92 Å². The Labute approximate surface area is 105 Å². The number of nitrogens with zero attached hydrogens (tertiary/aromatic N) is 3. The fourth-order valence-electron chi connectivity index (χ4n) is 1.51. The highest BCUT2D eigenvalue weighted by atomic mass is 19.4. The molecule has 0 spiro atoms. The standard InChI is InChI=1S/C11H9F3N4O/c1-6-8(10(15)19)5-18(17-6)9-3-2-7(4-16-9)11(12,13)14/h2-5H,1H3,(H2,15,19).